The summed E-state index contributed by atoms with van der Waals surface area (Å²) in [6.07, 6.45) is 3.46. The van der Waals surface area contributed by atoms with Crippen LogP contribution in [0.2, 0.25) is 0 Å². The van der Waals surface area contributed by atoms with E-state index in [1.807, 2.05) is 0 Å². The molecular weight excluding hydrogens is 396 g/mol. The van der Waals surface area contributed by atoms with Gasteiger partial charge in [0.15, 0.2) is 6.20 Å². The molecule has 0 amide bonds. The fourth-order valence-electron chi connectivity index (χ4n) is 3.08. The van der Waals surface area contributed by atoms with Crippen molar-refractivity contribution in [1.82, 2.24) is 4.98 Å². The number of ether oxygens (including phenoxy) is 1. The summed E-state index contributed by atoms with van der Waals surface area (Å²) in [6.45, 7) is 0.138. The molecule has 0 fully saturated rings. The van der Waals surface area contributed by atoms with Gasteiger partial charge < -0.3 is 21.7 Å². The second-order valence-electron chi connectivity index (χ2n) is 5.78. The molecule has 1 aromatic carbocycles. The number of carbonyl (C=O) groups excluding carboxylic acids is 2. The second-order valence-corrected chi connectivity index (χ2v) is 5.78. The molecule has 0 saturated heterocycles. The Hall–Kier alpha value is -2.86. The van der Waals surface area contributed by atoms with Crippen LogP contribution in [0.5, 0.6) is 5.75 Å². The first kappa shape index (κ1) is 17.9. The van der Waals surface area contributed by atoms with Gasteiger partial charge in [-0.3, -0.25) is 9.59 Å². The van der Waals surface area contributed by atoms with Crippen LogP contribution in [0.15, 0.2) is 60.9 Å². The molecule has 1 aliphatic rings. The highest BCUT2D eigenvalue weighted by Crippen LogP contribution is 2.31. The quantitative estimate of drug-likeness (QED) is 0.335. The first-order chi connectivity index (χ1) is 12.2. The molecule has 2 aromatic heterocycles. The van der Waals surface area contributed by atoms with Gasteiger partial charge in [0, 0.05) is 17.8 Å². The van der Waals surface area contributed by atoms with E-state index >= 15 is 0 Å². The molecule has 1 aliphatic carbocycles. The summed E-state index contributed by atoms with van der Waals surface area (Å²) >= 11 is 0. The Labute approximate surface area is 161 Å². The van der Waals surface area contributed by atoms with Crippen molar-refractivity contribution >= 4 is 11.6 Å². The van der Waals surface area contributed by atoms with Crippen molar-refractivity contribution in [3.8, 4) is 17.1 Å². The molecule has 0 spiro atoms. The van der Waals surface area contributed by atoms with E-state index in [1.54, 1.807) is 72.6 Å². The number of carbonyl (C=O) groups is 2. The SMILES string of the molecule is COc1ccc(C(=O)C[n+]2cccc3c2-c2ncccc2C3=O)cc1.[Br-]. The fourth-order valence-corrected chi connectivity index (χ4v) is 3.08. The Morgan fingerprint density at radius 3 is 2.54 bits per heavy atom. The van der Waals surface area contributed by atoms with Crippen molar-refractivity contribution in [3.63, 3.8) is 0 Å². The number of benzene rings is 1. The minimum absolute atomic E-state index is 0. The van der Waals surface area contributed by atoms with Crippen molar-refractivity contribution in [3.05, 3.63) is 77.6 Å². The number of ketones is 2. The molecule has 0 radical (unpaired) electrons. The summed E-state index contributed by atoms with van der Waals surface area (Å²) in [5.74, 6) is 0.607. The predicted octanol–water partition coefficient (Wildman–Crippen LogP) is -0.524. The highest BCUT2D eigenvalue weighted by molar-refractivity contribution is 6.19. The average Bonchev–Trinajstić information content (AvgIpc) is 2.96. The molecule has 2 heterocycles. The maximum absolute atomic E-state index is 12.6. The highest BCUT2D eigenvalue weighted by Gasteiger charge is 2.36. The number of hydrogen-bond acceptors (Lipinski definition) is 4. The van der Waals surface area contributed by atoms with Gasteiger partial charge in [0.05, 0.1) is 18.2 Å². The van der Waals surface area contributed by atoms with Gasteiger partial charge in [0.25, 0.3) is 0 Å². The summed E-state index contributed by atoms with van der Waals surface area (Å²) in [6, 6.07) is 14.1. The Bertz CT molecular complexity index is 1000. The average molecular weight is 411 g/mol. The Morgan fingerprint density at radius 2 is 1.81 bits per heavy atom. The molecule has 130 valence electrons. The zero-order chi connectivity index (χ0) is 17.4. The number of halogens is 1. The van der Waals surface area contributed by atoms with Crippen molar-refractivity contribution in [2.45, 2.75) is 6.54 Å². The van der Waals surface area contributed by atoms with Gasteiger partial charge in [-0.1, -0.05) is 0 Å². The summed E-state index contributed by atoms with van der Waals surface area (Å²) < 4.78 is 6.91. The minimum Gasteiger partial charge on any atom is -1.00 e. The molecule has 6 heteroatoms. The Kier molecular flexibility index (Phi) is 4.95. The lowest BCUT2D eigenvalue weighted by Crippen LogP contribution is -3.00. The molecule has 0 N–H and O–H groups in total. The molecule has 3 aromatic rings. The van der Waals surface area contributed by atoms with Gasteiger partial charge in [-0.15, -0.1) is 0 Å². The van der Waals surface area contributed by atoms with Crippen LogP contribution in [0.25, 0.3) is 11.4 Å². The standard InChI is InChI=1S/C20H15N2O3.BrH/c1-25-14-8-6-13(7-9-14)17(23)12-22-11-3-5-16-19(22)18-15(20(16)24)4-2-10-21-18;/h2-11H,12H2,1H3;1H/q+1;/p-1. The van der Waals surface area contributed by atoms with Crippen LogP contribution in [-0.2, 0) is 6.54 Å². The van der Waals surface area contributed by atoms with Crippen molar-refractivity contribution in [2.24, 2.45) is 0 Å². The molecule has 0 bridgehead atoms. The van der Waals surface area contributed by atoms with Crippen molar-refractivity contribution < 1.29 is 35.9 Å². The van der Waals surface area contributed by atoms with Gasteiger partial charge in [-0.25, -0.2) is 4.98 Å². The lowest BCUT2D eigenvalue weighted by atomic mass is 10.1. The molecule has 0 saturated carbocycles. The van der Waals surface area contributed by atoms with E-state index in [9.17, 15) is 9.59 Å². The van der Waals surface area contributed by atoms with Gasteiger partial charge in [-0.05, 0) is 42.5 Å². The molecular formula is C20H15BrN2O3. The van der Waals surface area contributed by atoms with Crippen LogP contribution in [0.1, 0.15) is 26.3 Å². The number of Topliss-reactive ketones (excluding diaryl/α,β-unsaturated/α-hetero) is 1. The number of rotatable bonds is 4. The summed E-state index contributed by atoms with van der Waals surface area (Å²) in [7, 11) is 1.58. The number of aromatic nitrogens is 2. The van der Waals surface area contributed by atoms with Gasteiger partial charge in [0.2, 0.25) is 23.8 Å². The molecule has 0 unspecified atom stereocenters. The molecule has 4 rings (SSSR count). The first-order valence-electron chi connectivity index (χ1n) is 7.89. The van der Waals surface area contributed by atoms with Crippen LogP contribution in [-0.4, -0.2) is 23.7 Å². The van der Waals surface area contributed by atoms with Crippen molar-refractivity contribution in [1.29, 1.82) is 0 Å². The van der Waals surface area contributed by atoms with E-state index < -0.39 is 0 Å². The Balaban J connectivity index is 0.00000196. The fraction of sp³-hybridized carbons (Fsp3) is 0.100. The highest BCUT2D eigenvalue weighted by atomic mass is 79.9. The summed E-state index contributed by atoms with van der Waals surface area (Å²) in [4.78, 5) is 29.5. The third-order valence-corrected chi connectivity index (χ3v) is 4.32. The van der Waals surface area contributed by atoms with E-state index in [4.69, 9.17) is 4.74 Å². The smallest absolute Gasteiger partial charge is 0.243 e. The third-order valence-electron chi connectivity index (χ3n) is 4.32. The van der Waals surface area contributed by atoms with Crippen LogP contribution in [0.4, 0.5) is 0 Å². The van der Waals surface area contributed by atoms with E-state index in [0.717, 1.165) is 0 Å². The van der Waals surface area contributed by atoms with Crippen LogP contribution >= 0.6 is 0 Å². The topological polar surface area (TPSA) is 60.1 Å². The maximum atomic E-state index is 12.6. The summed E-state index contributed by atoms with van der Waals surface area (Å²) in [5, 5.41) is 0. The normalized spacial score (nSPS) is 11.3. The van der Waals surface area contributed by atoms with Crippen molar-refractivity contribution in [2.75, 3.05) is 7.11 Å². The zero-order valence-electron chi connectivity index (χ0n) is 14.0. The Morgan fingerprint density at radius 1 is 1.08 bits per heavy atom. The van der Waals surface area contributed by atoms with Crippen LogP contribution < -0.4 is 26.3 Å². The van der Waals surface area contributed by atoms with E-state index in [0.29, 0.717) is 33.8 Å². The number of pyridine rings is 2. The largest absolute Gasteiger partial charge is 1.00 e. The first-order valence-corrected chi connectivity index (χ1v) is 7.89. The number of methoxy groups -OCH3 is 1. The van der Waals surface area contributed by atoms with Gasteiger partial charge in [-0.2, -0.15) is 4.57 Å². The molecule has 0 atom stereocenters. The van der Waals surface area contributed by atoms with E-state index in [1.165, 1.54) is 0 Å². The van der Waals surface area contributed by atoms with Crippen LogP contribution in [0, 0.1) is 0 Å². The number of fused-ring (bicyclic) bond motifs is 3. The molecule has 0 aliphatic heterocycles. The zero-order valence-corrected chi connectivity index (χ0v) is 15.6. The summed E-state index contributed by atoms with van der Waals surface area (Å²) in [5.41, 5.74) is 3.08. The number of hydrogen-bond donors (Lipinski definition) is 0. The maximum Gasteiger partial charge on any atom is 0.243 e. The molecule has 26 heavy (non-hydrogen) atoms. The predicted molar refractivity (Wildman–Crippen MR) is 90.6 cm³/mol. The van der Waals surface area contributed by atoms with E-state index in [-0.39, 0.29) is 35.1 Å². The monoisotopic (exact) mass is 410 g/mol. The van der Waals surface area contributed by atoms with Gasteiger partial charge in [0.1, 0.15) is 11.4 Å². The minimum atomic E-state index is -0.0515. The molecule has 5 nitrogen and oxygen atoms in total. The van der Waals surface area contributed by atoms with Gasteiger partial charge >= 0.3 is 0 Å². The second kappa shape index (κ2) is 7.17. The van der Waals surface area contributed by atoms with E-state index in [2.05, 4.69) is 4.98 Å². The lowest BCUT2D eigenvalue weighted by Gasteiger charge is -2.04. The van der Waals surface area contributed by atoms with Crippen LogP contribution in [0.3, 0.4) is 0 Å². The number of nitrogens with zero attached hydrogens (tertiary/aromatic N) is 2. The third kappa shape index (κ3) is 2.93. The lowest BCUT2D eigenvalue weighted by molar-refractivity contribution is -0.672.